The highest BCUT2D eigenvalue weighted by Gasteiger charge is 2.33. The van der Waals surface area contributed by atoms with E-state index in [0.29, 0.717) is 29.6 Å². The number of aromatic amines is 1. The molecule has 0 aliphatic carbocycles. The summed E-state index contributed by atoms with van der Waals surface area (Å²) in [6.07, 6.45) is -2.36. The van der Waals surface area contributed by atoms with E-state index in [2.05, 4.69) is 4.98 Å². The molecule has 3 rings (SSSR count). The van der Waals surface area contributed by atoms with E-state index < -0.39 is 17.6 Å². The van der Waals surface area contributed by atoms with Crippen molar-refractivity contribution in [2.45, 2.75) is 25.4 Å². The van der Waals surface area contributed by atoms with Crippen LogP contribution in [-0.2, 0) is 12.6 Å². The number of benzene rings is 2. The average Bonchev–Trinajstić information content (AvgIpc) is 2.93. The number of alkyl halides is 3. The molecule has 0 atom stereocenters. The molecule has 0 fully saturated rings. The molecule has 0 aliphatic heterocycles. The lowest BCUT2D eigenvalue weighted by molar-refractivity contribution is -0.136. The van der Waals surface area contributed by atoms with Crippen LogP contribution in [0.4, 0.5) is 17.6 Å². The summed E-state index contributed by atoms with van der Waals surface area (Å²) in [5, 5.41) is 0.520. The number of unbranched alkanes of at least 4 members (excludes halogenated alkanes) is 1. The van der Waals surface area contributed by atoms with E-state index >= 15 is 0 Å². The molecule has 2 nitrogen and oxygen atoms in total. The molecule has 0 radical (unpaired) electrons. The van der Waals surface area contributed by atoms with Crippen LogP contribution in [0, 0.1) is 5.82 Å². The number of para-hydroxylation sites is 1. The van der Waals surface area contributed by atoms with Crippen molar-refractivity contribution in [3.8, 4) is 11.3 Å². The highest BCUT2D eigenvalue weighted by atomic mass is 19.4. The average molecular weight is 350 g/mol. The zero-order chi connectivity index (χ0) is 18.0. The fourth-order valence-electron chi connectivity index (χ4n) is 3.11. The van der Waals surface area contributed by atoms with E-state index in [4.69, 9.17) is 5.73 Å². The van der Waals surface area contributed by atoms with Crippen LogP contribution in [0.5, 0.6) is 0 Å². The Morgan fingerprint density at radius 1 is 1.00 bits per heavy atom. The van der Waals surface area contributed by atoms with Crippen molar-refractivity contribution >= 4 is 10.9 Å². The van der Waals surface area contributed by atoms with Crippen molar-refractivity contribution in [1.82, 2.24) is 4.98 Å². The predicted octanol–water partition coefficient (Wildman–Crippen LogP) is 5.27. The molecule has 3 aromatic rings. The standard InChI is InChI=1S/C19H18F4N2/c20-13-6-3-5-12(11-13)17-14(7-1-2-10-24)15-8-4-9-16(18(15)25-17)19(21,22)23/h3-6,8-9,11,25H,1-2,7,10,24H2. The first-order valence-electron chi connectivity index (χ1n) is 8.08. The smallest absolute Gasteiger partial charge is 0.354 e. The number of hydrogen-bond donors (Lipinski definition) is 2. The molecule has 1 heterocycles. The molecule has 3 N–H and O–H groups in total. The molecule has 25 heavy (non-hydrogen) atoms. The van der Waals surface area contributed by atoms with E-state index in [-0.39, 0.29) is 5.52 Å². The number of aryl methyl sites for hydroxylation is 1. The Balaban J connectivity index is 2.22. The maximum Gasteiger partial charge on any atom is 0.418 e. The Morgan fingerprint density at radius 3 is 2.44 bits per heavy atom. The van der Waals surface area contributed by atoms with E-state index in [1.807, 2.05) is 0 Å². The minimum Gasteiger partial charge on any atom is -0.354 e. The molecule has 0 unspecified atom stereocenters. The predicted molar refractivity (Wildman–Crippen MR) is 90.7 cm³/mol. The summed E-state index contributed by atoms with van der Waals surface area (Å²) >= 11 is 0. The summed E-state index contributed by atoms with van der Waals surface area (Å²) in [5.74, 6) is -0.430. The Labute approximate surface area is 142 Å². The van der Waals surface area contributed by atoms with Gasteiger partial charge in [0.1, 0.15) is 5.82 Å². The monoisotopic (exact) mass is 350 g/mol. The Bertz CT molecular complexity index is 881. The maximum absolute atomic E-state index is 13.6. The molecule has 0 aliphatic rings. The van der Waals surface area contributed by atoms with E-state index in [9.17, 15) is 17.6 Å². The van der Waals surface area contributed by atoms with Crippen LogP contribution in [0.2, 0.25) is 0 Å². The van der Waals surface area contributed by atoms with Gasteiger partial charge >= 0.3 is 6.18 Å². The third-order valence-electron chi connectivity index (χ3n) is 4.24. The van der Waals surface area contributed by atoms with Crippen molar-refractivity contribution in [3.63, 3.8) is 0 Å². The van der Waals surface area contributed by atoms with Gasteiger partial charge in [-0.15, -0.1) is 0 Å². The van der Waals surface area contributed by atoms with Crippen LogP contribution in [0.15, 0.2) is 42.5 Å². The van der Waals surface area contributed by atoms with Crippen molar-refractivity contribution in [2.24, 2.45) is 5.73 Å². The lowest BCUT2D eigenvalue weighted by Crippen LogP contribution is -2.05. The van der Waals surface area contributed by atoms with Gasteiger partial charge in [-0.1, -0.05) is 24.3 Å². The summed E-state index contributed by atoms with van der Waals surface area (Å²) in [6.45, 7) is 0.519. The molecule has 132 valence electrons. The summed E-state index contributed by atoms with van der Waals surface area (Å²) in [6, 6.07) is 9.99. The van der Waals surface area contributed by atoms with Gasteiger partial charge in [0.05, 0.1) is 11.1 Å². The molecule has 0 bridgehead atoms. The molecular formula is C19H18F4N2. The first kappa shape index (κ1) is 17.5. The zero-order valence-corrected chi connectivity index (χ0v) is 13.5. The Kier molecular flexibility index (Phi) is 4.81. The number of rotatable bonds is 5. The largest absolute Gasteiger partial charge is 0.418 e. The molecule has 6 heteroatoms. The SMILES string of the molecule is NCCCCc1c(-c2cccc(F)c2)[nH]c2c(C(F)(F)F)cccc12. The number of aromatic nitrogens is 1. The third kappa shape index (κ3) is 3.54. The van der Waals surface area contributed by atoms with Gasteiger partial charge in [-0.3, -0.25) is 0 Å². The lowest BCUT2D eigenvalue weighted by atomic mass is 9.99. The molecular weight excluding hydrogens is 332 g/mol. The fraction of sp³-hybridized carbons (Fsp3) is 0.263. The summed E-state index contributed by atoms with van der Waals surface area (Å²) < 4.78 is 53.6. The van der Waals surface area contributed by atoms with Crippen molar-refractivity contribution in [1.29, 1.82) is 0 Å². The summed E-state index contributed by atoms with van der Waals surface area (Å²) in [7, 11) is 0. The Morgan fingerprint density at radius 2 is 1.76 bits per heavy atom. The van der Waals surface area contributed by atoms with Gasteiger partial charge in [-0.25, -0.2) is 4.39 Å². The lowest BCUT2D eigenvalue weighted by Gasteiger charge is -2.07. The maximum atomic E-state index is 13.6. The minimum absolute atomic E-state index is 0.0389. The van der Waals surface area contributed by atoms with Crippen LogP contribution in [-0.4, -0.2) is 11.5 Å². The normalized spacial score (nSPS) is 12.0. The van der Waals surface area contributed by atoms with Gasteiger partial charge in [-0.05, 0) is 49.6 Å². The zero-order valence-electron chi connectivity index (χ0n) is 13.5. The first-order valence-corrected chi connectivity index (χ1v) is 8.08. The van der Waals surface area contributed by atoms with E-state index in [1.54, 1.807) is 18.2 Å². The van der Waals surface area contributed by atoms with Crippen LogP contribution in [0.25, 0.3) is 22.2 Å². The fourth-order valence-corrected chi connectivity index (χ4v) is 3.11. The highest BCUT2D eigenvalue weighted by molar-refractivity contribution is 5.93. The number of halogens is 4. The third-order valence-corrected chi connectivity index (χ3v) is 4.24. The second-order valence-corrected chi connectivity index (χ2v) is 5.96. The second kappa shape index (κ2) is 6.88. The van der Waals surface area contributed by atoms with Gasteiger partial charge in [0.15, 0.2) is 0 Å². The van der Waals surface area contributed by atoms with Crippen LogP contribution in [0.1, 0.15) is 24.0 Å². The molecule has 1 aromatic heterocycles. The van der Waals surface area contributed by atoms with E-state index in [1.165, 1.54) is 18.2 Å². The summed E-state index contributed by atoms with van der Waals surface area (Å²) in [5.41, 5.74) is 6.68. The quantitative estimate of drug-likeness (QED) is 0.477. The minimum atomic E-state index is -4.46. The first-order chi connectivity index (χ1) is 11.9. The second-order valence-electron chi connectivity index (χ2n) is 5.96. The van der Waals surface area contributed by atoms with Gasteiger partial charge in [0.25, 0.3) is 0 Å². The van der Waals surface area contributed by atoms with Crippen LogP contribution >= 0.6 is 0 Å². The van der Waals surface area contributed by atoms with Crippen molar-refractivity contribution in [2.75, 3.05) is 6.54 Å². The molecule has 0 spiro atoms. The molecule has 0 amide bonds. The van der Waals surface area contributed by atoms with Crippen LogP contribution < -0.4 is 5.73 Å². The number of H-pyrrole nitrogens is 1. The van der Waals surface area contributed by atoms with Crippen molar-refractivity contribution in [3.05, 3.63) is 59.4 Å². The molecule has 0 saturated heterocycles. The Hall–Kier alpha value is -2.34. The van der Waals surface area contributed by atoms with Gasteiger partial charge in [-0.2, -0.15) is 13.2 Å². The van der Waals surface area contributed by atoms with Gasteiger partial charge < -0.3 is 10.7 Å². The highest BCUT2D eigenvalue weighted by Crippen LogP contribution is 2.39. The molecule has 0 saturated carbocycles. The van der Waals surface area contributed by atoms with Gasteiger partial charge in [0.2, 0.25) is 0 Å². The number of fused-ring (bicyclic) bond motifs is 1. The van der Waals surface area contributed by atoms with Crippen molar-refractivity contribution < 1.29 is 17.6 Å². The number of hydrogen-bond acceptors (Lipinski definition) is 1. The topological polar surface area (TPSA) is 41.8 Å². The molecule has 2 aromatic carbocycles. The number of nitrogens with two attached hydrogens (primary N) is 1. The van der Waals surface area contributed by atoms with E-state index in [0.717, 1.165) is 24.5 Å². The van der Waals surface area contributed by atoms with Gasteiger partial charge in [0, 0.05) is 16.6 Å². The number of nitrogens with one attached hydrogen (secondary N) is 1. The summed E-state index contributed by atoms with van der Waals surface area (Å²) in [4.78, 5) is 2.89. The van der Waals surface area contributed by atoms with Crippen LogP contribution in [0.3, 0.4) is 0 Å².